The summed E-state index contributed by atoms with van der Waals surface area (Å²) in [6.45, 7) is 3.14. The third-order valence-corrected chi connectivity index (χ3v) is 2.96. The van der Waals surface area contributed by atoms with E-state index in [2.05, 4.69) is 0 Å². The van der Waals surface area contributed by atoms with Gasteiger partial charge in [-0.25, -0.2) is 0 Å². The first kappa shape index (κ1) is 13.2. The molecule has 0 aliphatic carbocycles. The number of ether oxygens (including phenoxy) is 3. The summed E-state index contributed by atoms with van der Waals surface area (Å²) in [5, 5.41) is 9.48. The molecule has 100 valence electrons. The molecule has 4 heteroatoms. The smallest absolute Gasteiger partial charge is 0.164 e. The fraction of sp³-hybridized carbons (Fsp3) is 0.571. The van der Waals surface area contributed by atoms with Crippen LogP contribution < -0.4 is 9.47 Å². The minimum Gasteiger partial charge on any atom is -0.493 e. The van der Waals surface area contributed by atoms with Gasteiger partial charge in [0.25, 0.3) is 0 Å². The number of para-hydroxylation sites is 1. The first-order valence-electron chi connectivity index (χ1n) is 6.29. The van der Waals surface area contributed by atoms with Gasteiger partial charge in [0.05, 0.1) is 26.4 Å². The molecule has 1 saturated heterocycles. The van der Waals surface area contributed by atoms with Crippen molar-refractivity contribution in [3.8, 4) is 11.5 Å². The highest BCUT2D eigenvalue weighted by Gasteiger charge is 2.20. The van der Waals surface area contributed by atoms with Crippen LogP contribution in [0.4, 0.5) is 0 Å². The van der Waals surface area contributed by atoms with Crippen molar-refractivity contribution in [3.63, 3.8) is 0 Å². The van der Waals surface area contributed by atoms with Crippen molar-refractivity contribution in [1.29, 1.82) is 0 Å². The molecule has 2 unspecified atom stereocenters. The Morgan fingerprint density at radius 1 is 1.50 bits per heavy atom. The van der Waals surface area contributed by atoms with E-state index in [1.807, 2.05) is 18.2 Å². The van der Waals surface area contributed by atoms with Crippen LogP contribution in [0.2, 0.25) is 0 Å². The molecule has 0 aromatic heterocycles. The minimum atomic E-state index is -0.399. The molecular weight excluding hydrogens is 232 g/mol. The van der Waals surface area contributed by atoms with Crippen molar-refractivity contribution in [3.05, 3.63) is 23.8 Å². The van der Waals surface area contributed by atoms with Gasteiger partial charge in [0, 0.05) is 18.4 Å². The lowest BCUT2D eigenvalue weighted by Crippen LogP contribution is -2.16. The van der Waals surface area contributed by atoms with Crippen molar-refractivity contribution in [2.75, 3.05) is 20.3 Å². The molecule has 0 amide bonds. The van der Waals surface area contributed by atoms with Crippen molar-refractivity contribution in [2.45, 2.75) is 32.0 Å². The third kappa shape index (κ3) is 3.15. The highest BCUT2D eigenvalue weighted by Crippen LogP contribution is 2.33. The molecule has 1 heterocycles. The second kappa shape index (κ2) is 6.07. The predicted octanol–water partition coefficient (Wildman–Crippen LogP) is 1.79. The maximum atomic E-state index is 9.48. The second-order valence-electron chi connectivity index (χ2n) is 4.61. The van der Waals surface area contributed by atoms with Crippen LogP contribution in [-0.2, 0) is 11.2 Å². The van der Waals surface area contributed by atoms with Crippen LogP contribution in [0.15, 0.2) is 18.2 Å². The Kier molecular flexibility index (Phi) is 4.44. The van der Waals surface area contributed by atoms with Gasteiger partial charge in [0.2, 0.25) is 0 Å². The van der Waals surface area contributed by atoms with E-state index in [4.69, 9.17) is 14.2 Å². The Hall–Kier alpha value is -1.26. The predicted molar refractivity (Wildman–Crippen MR) is 68.2 cm³/mol. The lowest BCUT2D eigenvalue weighted by molar-refractivity contribution is 0.138. The van der Waals surface area contributed by atoms with Crippen LogP contribution in [0.3, 0.4) is 0 Å². The first-order chi connectivity index (χ1) is 8.70. The van der Waals surface area contributed by atoms with Gasteiger partial charge in [-0.1, -0.05) is 12.1 Å². The molecule has 1 aliphatic rings. The maximum Gasteiger partial charge on any atom is 0.164 e. The largest absolute Gasteiger partial charge is 0.493 e. The summed E-state index contributed by atoms with van der Waals surface area (Å²) in [7, 11) is 1.62. The Bertz CT molecular complexity index is 383. The van der Waals surface area contributed by atoms with Crippen LogP contribution >= 0.6 is 0 Å². The van der Waals surface area contributed by atoms with E-state index < -0.39 is 6.10 Å². The van der Waals surface area contributed by atoms with Gasteiger partial charge < -0.3 is 19.3 Å². The average molecular weight is 252 g/mol. The van der Waals surface area contributed by atoms with E-state index in [1.54, 1.807) is 14.0 Å². The van der Waals surface area contributed by atoms with Gasteiger partial charge in [-0.2, -0.15) is 0 Å². The van der Waals surface area contributed by atoms with Gasteiger partial charge in [-0.05, 0) is 13.0 Å². The molecule has 0 radical (unpaired) electrons. The molecular formula is C14H20O4. The topological polar surface area (TPSA) is 47.9 Å². The Morgan fingerprint density at radius 3 is 2.94 bits per heavy atom. The van der Waals surface area contributed by atoms with Crippen LogP contribution in [0, 0.1) is 0 Å². The summed E-state index contributed by atoms with van der Waals surface area (Å²) >= 11 is 0. The van der Waals surface area contributed by atoms with E-state index in [-0.39, 0.29) is 6.10 Å². The first-order valence-corrected chi connectivity index (χ1v) is 6.29. The number of aliphatic hydroxyl groups excluding tert-OH is 1. The van der Waals surface area contributed by atoms with Crippen LogP contribution in [0.25, 0.3) is 0 Å². The number of rotatable bonds is 5. The number of aliphatic hydroxyl groups is 1. The zero-order valence-corrected chi connectivity index (χ0v) is 10.9. The van der Waals surface area contributed by atoms with Gasteiger partial charge in [-0.15, -0.1) is 0 Å². The average Bonchev–Trinajstić information content (AvgIpc) is 2.81. The molecule has 1 aromatic carbocycles. The Balaban J connectivity index is 2.17. The summed E-state index contributed by atoms with van der Waals surface area (Å²) < 4.78 is 16.6. The fourth-order valence-electron chi connectivity index (χ4n) is 2.15. The zero-order chi connectivity index (χ0) is 13.0. The fourth-order valence-corrected chi connectivity index (χ4v) is 2.15. The molecule has 1 fully saturated rings. The van der Waals surface area contributed by atoms with Crippen molar-refractivity contribution in [1.82, 2.24) is 0 Å². The maximum absolute atomic E-state index is 9.48. The normalized spacial score (nSPS) is 20.7. The summed E-state index contributed by atoms with van der Waals surface area (Å²) in [4.78, 5) is 0. The quantitative estimate of drug-likeness (QED) is 0.868. The second-order valence-corrected chi connectivity index (χ2v) is 4.61. The van der Waals surface area contributed by atoms with Gasteiger partial charge in [-0.3, -0.25) is 0 Å². The number of methoxy groups -OCH3 is 1. The number of hydrogen-bond acceptors (Lipinski definition) is 4. The van der Waals surface area contributed by atoms with Gasteiger partial charge in [0.1, 0.15) is 6.10 Å². The Morgan fingerprint density at radius 2 is 2.33 bits per heavy atom. The summed E-state index contributed by atoms with van der Waals surface area (Å²) in [6.07, 6.45) is 1.16. The number of hydrogen-bond donors (Lipinski definition) is 1. The minimum absolute atomic E-state index is 0.0979. The molecule has 0 spiro atoms. The SMILES string of the molecule is COc1c(CC(C)O)cccc1OC1CCOC1. The van der Waals surface area contributed by atoms with Gasteiger partial charge in [0.15, 0.2) is 11.5 Å². The van der Waals surface area contributed by atoms with E-state index in [0.717, 1.165) is 24.3 Å². The summed E-state index contributed by atoms with van der Waals surface area (Å²) in [5.41, 5.74) is 0.962. The van der Waals surface area contributed by atoms with Crippen molar-refractivity contribution >= 4 is 0 Å². The highest BCUT2D eigenvalue weighted by atomic mass is 16.6. The van der Waals surface area contributed by atoms with Crippen LogP contribution in [0.1, 0.15) is 18.9 Å². The Labute approximate surface area is 107 Å². The lowest BCUT2D eigenvalue weighted by atomic mass is 10.1. The summed E-state index contributed by atoms with van der Waals surface area (Å²) in [5.74, 6) is 1.44. The van der Waals surface area contributed by atoms with Gasteiger partial charge >= 0.3 is 0 Å². The van der Waals surface area contributed by atoms with E-state index in [0.29, 0.717) is 18.8 Å². The van der Waals surface area contributed by atoms with Crippen LogP contribution in [0.5, 0.6) is 11.5 Å². The molecule has 0 bridgehead atoms. The molecule has 2 rings (SSSR count). The zero-order valence-electron chi connectivity index (χ0n) is 10.9. The lowest BCUT2D eigenvalue weighted by Gasteiger charge is -2.18. The monoisotopic (exact) mass is 252 g/mol. The molecule has 18 heavy (non-hydrogen) atoms. The highest BCUT2D eigenvalue weighted by molar-refractivity contribution is 5.47. The molecule has 1 aromatic rings. The van der Waals surface area contributed by atoms with Crippen molar-refractivity contribution in [2.24, 2.45) is 0 Å². The van der Waals surface area contributed by atoms with Crippen LogP contribution in [-0.4, -0.2) is 37.6 Å². The molecule has 1 N–H and O–H groups in total. The van der Waals surface area contributed by atoms with E-state index in [9.17, 15) is 5.11 Å². The van der Waals surface area contributed by atoms with Crippen molar-refractivity contribution < 1.29 is 19.3 Å². The molecule has 4 nitrogen and oxygen atoms in total. The van der Waals surface area contributed by atoms with E-state index in [1.165, 1.54) is 0 Å². The van der Waals surface area contributed by atoms with E-state index >= 15 is 0 Å². The summed E-state index contributed by atoms with van der Waals surface area (Å²) in [6, 6.07) is 5.76. The third-order valence-electron chi connectivity index (χ3n) is 2.96. The standard InChI is InChI=1S/C14H20O4/c1-10(15)8-11-4-3-5-13(14(11)16-2)18-12-6-7-17-9-12/h3-5,10,12,15H,6-9H2,1-2H3. The number of benzene rings is 1. The molecule has 1 aliphatic heterocycles. The molecule has 2 atom stereocenters. The molecule has 0 saturated carbocycles.